The number of benzene rings is 1. The number of carbonyl (C=O) groups is 3. The maximum absolute atomic E-state index is 13.2. The summed E-state index contributed by atoms with van der Waals surface area (Å²) in [6.07, 6.45) is 4.25. The fourth-order valence-corrected chi connectivity index (χ4v) is 4.40. The third kappa shape index (κ3) is 4.54. The van der Waals surface area contributed by atoms with Crippen LogP contribution in [0.25, 0.3) is 0 Å². The van der Waals surface area contributed by atoms with E-state index < -0.39 is 0 Å². The van der Waals surface area contributed by atoms with Crippen molar-refractivity contribution >= 4 is 23.4 Å². The van der Waals surface area contributed by atoms with Crippen LogP contribution in [0.4, 0.5) is 5.69 Å². The van der Waals surface area contributed by atoms with Gasteiger partial charge in [-0.2, -0.15) is 0 Å². The summed E-state index contributed by atoms with van der Waals surface area (Å²) < 4.78 is 12.2. The van der Waals surface area contributed by atoms with E-state index in [-0.39, 0.29) is 41.9 Å². The number of nitrogens with zero attached hydrogens (tertiary/aromatic N) is 2. The normalized spacial score (nSPS) is 25.8. The van der Waals surface area contributed by atoms with Gasteiger partial charge in [-0.05, 0) is 43.9 Å². The molecule has 1 N–H and O–H groups in total. The number of anilines is 1. The Bertz CT molecular complexity index is 867. The van der Waals surface area contributed by atoms with Crippen LogP contribution in [0.5, 0.6) is 5.75 Å². The van der Waals surface area contributed by atoms with Crippen molar-refractivity contribution < 1.29 is 23.9 Å². The van der Waals surface area contributed by atoms with Gasteiger partial charge >= 0.3 is 0 Å². The third-order valence-corrected chi connectivity index (χ3v) is 6.66. The zero-order chi connectivity index (χ0) is 22.1. The Labute approximate surface area is 182 Å². The van der Waals surface area contributed by atoms with Crippen molar-refractivity contribution in [3.05, 3.63) is 23.8 Å². The van der Waals surface area contributed by atoms with Crippen LogP contribution in [0.2, 0.25) is 0 Å². The van der Waals surface area contributed by atoms with Crippen molar-refractivity contribution in [3.8, 4) is 5.75 Å². The number of amides is 3. The molecule has 31 heavy (non-hydrogen) atoms. The molecule has 2 fully saturated rings. The number of ether oxygens (including phenoxy) is 2. The highest BCUT2D eigenvalue weighted by Gasteiger charge is 2.39. The van der Waals surface area contributed by atoms with Gasteiger partial charge in [-0.15, -0.1) is 0 Å². The summed E-state index contributed by atoms with van der Waals surface area (Å²) in [5, 5.41) is 2.93. The lowest BCUT2D eigenvalue weighted by Gasteiger charge is -2.42. The van der Waals surface area contributed by atoms with Gasteiger partial charge < -0.3 is 24.6 Å². The smallest absolute Gasteiger partial charge is 0.257 e. The summed E-state index contributed by atoms with van der Waals surface area (Å²) in [6.45, 7) is 0.301. The van der Waals surface area contributed by atoms with Crippen molar-refractivity contribution in [3.63, 3.8) is 0 Å². The van der Waals surface area contributed by atoms with Gasteiger partial charge in [0.15, 0.2) is 0 Å². The van der Waals surface area contributed by atoms with Gasteiger partial charge in [-0.1, -0.05) is 6.42 Å². The molecule has 3 amide bonds. The van der Waals surface area contributed by atoms with E-state index in [1.165, 1.54) is 0 Å². The van der Waals surface area contributed by atoms with Gasteiger partial charge in [0.05, 0.1) is 24.1 Å². The summed E-state index contributed by atoms with van der Waals surface area (Å²) in [7, 11) is 5.25. The van der Waals surface area contributed by atoms with Gasteiger partial charge in [0.2, 0.25) is 11.8 Å². The molecule has 3 atom stereocenters. The molecular formula is C23H31N3O5. The van der Waals surface area contributed by atoms with Crippen molar-refractivity contribution in [2.24, 2.45) is 5.92 Å². The van der Waals surface area contributed by atoms with E-state index in [2.05, 4.69) is 5.32 Å². The molecule has 4 rings (SSSR count). The summed E-state index contributed by atoms with van der Waals surface area (Å²) in [5.41, 5.74) is 1.05. The highest BCUT2D eigenvalue weighted by atomic mass is 16.5. The van der Waals surface area contributed by atoms with E-state index in [9.17, 15) is 14.4 Å². The molecule has 1 saturated carbocycles. The Morgan fingerprint density at radius 2 is 1.97 bits per heavy atom. The van der Waals surface area contributed by atoms with Crippen molar-refractivity contribution in [2.75, 3.05) is 33.1 Å². The molecule has 3 aliphatic rings. The van der Waals surface area contributed by atoms with Crippen LogP contribution in [0, 0.1) is 5.92 Å². The molecule has 8 nitrogen and oxygen atoms in total. The zero-order valence-electron chi connectivity index (χ0n) is 18.4. The minimum absolute atomic E-state index is 0.0119. The molecule has 168 valence electrons. The molecule has 1 saturated heterocycles. The predicted molar refractivity (Wildman–Crippen MR) is 115 cm³/mol. The number of likely N-dealkylation sites (N-methyl/N-ethyl adjacent to an activating group) is 1. The van der Waals surface area contributed by atoms with Crippen LogP contribution < -0.4 is 10.1 Å². The first-order valence-corrected chi connectivity index (χ1v) is 11.0. The fourth-order valence-electron chi connectivity index (χ4n) is 4.40. The summed E-state index contributed by atoms with van der Waals surface area (Å²) in [4.78, 5) is 40.9. The molecule has 0 unspecified atom stereocenters. The molecule has 1 aliphatic carbocycles. The number of carbonyl (C=O) groups excluding carboxylic acids is 3. The molecule has 0 bridgehead atoms. The van der Waals surface area contributed by atoms with Gasteiger partial charge in [0.25, 0.3) is 5.91 Å². The standard InChI is InChI=1S/C23H31N3O5/c1-25(2)21(27)12-16-8-9-18-20(31-16)13-30-19-10-7-15(11-17(19)23(29)26(18)3)24-22(28)14-5-4-6-14/h7,10-11,14,16,18,20H,4-6,8-9,12-13H2,1-3H3,(H,24,28)/t16-,18+,20+/m1/s1. The first-order valence-electron chi connectivity index (χ1n) is 11.0. The first kappa shape index (κ1) is 21.6. The Morgan fingerprint density at radius 3 is 2.65 bits per heavy atom. The lowest BCUT2D eigenvalue weighted by molar-refractivity contribution is -0.140. The van der Waals surface area contributed by atoms with Crippen LogP contribution in [-0.2, 0) is 14.3 Å². The Balaban J connectivity index is 1.48. The molecular weight excluding hydrogens is 398 g/mol. The average molecular weight is 430 g/mol. The number of nitrogens with one attached hydrogen (secondary N) is 1. The van der Waals surface area contributed by atoms with Crippen molar-refractivity contribution in [1.82, 2.24) is 9.80 Å². The number of fused-ring (bicyclic) bond motifs is 2. The lowest BCUT2D eigenvalue weighted by atomic mass is 9.85. The molecule has 1 aromatic carbocycles. The molecule has 0 radical (unpaired) electrons. The predicted octanol–water partition coefficient (Wildman–Crippen LogP) is 2.28. The Morgan fingerprint density at radius 1 is 1.19 bits per heavy atom. The molecule has 2 heterocycles. The molecule has 1 aromatic rings. The fraction of sp³-hybridized carbons (Fsp3) is 0.609. The minimum Gasteiger partial charge on any atom is -0.490 e. The van der Waals surface area contributed by atoms with Gasteiger partial charge in [0, 0.05) is 32.7 Å². The van der Waals surface area contributed by atoms with Crippen LogP contribution in [-0.4, -0.2) is 73.5 Å². The maximum Gasteiger partial charge on any atom is 0.257 e. The molecule has 8 heteroatoms. The van der Waals surface area contributed by atoms with Gasteiger partial charge in [-0.25, -0.2) is 0 Å². The molecule has 0 spiro atoms. The van der Waals surface area contributed by atoms with E-state index in [1.54, 1.807) is 49.1 Å². The lowest BCUT2D eigenvalue weighted by Crippen LogP contribution is -2.53. The number of hydrogen-bond acceptors (Lipinski definition) is 5. The second-order valence-electron chi connectivity index (χ2n) is 8.99. The van der Waals surface area contributed by atoms with Crippen LogP contribution in [0.1, 0.15) is 48.9 Å². The topological polar surface area (TPSA) is 88.2 Å². The maximum atomic E-state index is 13.2. The quantitative estimate of drug-likeness (QED) is 0.793. The summed E-state index contributed by atoms with van der Waals surface area (Å²) >= 11 is 0. The van der Waals surface area contributed by atoms with Crippen LogP contribution in [0.3, 0.4) is 0 Å². The Kier molecular flexibility index (Phi) is 6.18. The monoisotopic (exact) mass is 429 g/mol. The molecule has 0 aromatic heterocycles. The third-order valence-electron chi connectivity index (χ3n) is 6.66. The zero-order valence-corrected chi connectivity index (χ0v) is 18.4. The van der Waals surface area contributed by atoms with E-state index in [4.69, 9.17) is 9.47 Å². The second-order valence-corrected chi connectivity index (χ2v) is 8.99. The van der Waals surface area contributed by atoms with Crippen LogP contribution in [0.15, 0.2) is 18.2 Å². The Hall–Kier alpha value is -2.61. The largest absolute Gasteiger partial charge is 0.490 e. The SMILES string of the molecule is CN(C)C(=O)C[C@H]1CC[C@H]2[C@H](COc3ccc(NC(=O)C4CCC4)cc3C(=O)N2C)O1. The van der Waals surface area contributed by atoms with Gasteiger partial charge in [-0.3, -0.25) is 14.4 Å². The minimum atomic E-state index is -0.297. The first-order chi connectivity index (χ1) is 14.8. The summed E-state index contributed by atoms with van der Waals surface area (Å²) in [5.74, 6) is 0.436. The van der Waals surface area contributed by atoms with Crippen LogP contribution >= 0.6 is 0 Å². The highest BCUT2D eigenvalue weighted by molar-refractivity contribution is 6.00. The second kappa shape index (κ2) is 8.86. The van der Waals surface area contributed by atoms with E-state index in [0.717, 1.165) is 25.7 Å². The average Bonchev–Trinajstić information content (AvgIpc) is 2.69. The van der Waals surface area contributed by atoms with E-state index in [0.29, 0.717) is 36.4 Å². The van der Waals surface area contributed by atoms with E-state index >= 15 is 0 Å². The van der Waals surface area contributed by atoms with Crippen molar-refractivity contribution in [2.45, 2.75) is 56.8 Å². The number of hydrogen-bond donors (Lipinski definition) is 1. The van der Waals surface area contributed by atoms with Crippen molar-refractivity contribution in [1.29, 1.82) is 0 Å². The number of rotatable bonds is 4. The molecule has 2 aliphatic heterocycles. The highest BCUT2D eigenvalue weighted by Crippen LogP contribution is 2.33. The van der Waals surface area contributed by atoms with Gasteiger partial charge in [0.1, 0.15) is 18.5 Å². The summed E-state index contributed by atoms with van der Waals surface area (Å²) in [6, 6.07) is 5.07. The van der Waals surface area contributed by atoms with E-state index in [1.807, 2.05) is 0 Å².